The number of aliphatic hydroxyl groups excluding tert-OH is 1. The van der Waals surface area contributed by atoms with Gasteiger partial charge in [-0.1, -0.05) is 12.1 Å². The maximum absolute atomic E-state index is 11.5. The van der Waals surface area contributed by atoms with Crippen LogP contribution < -0.4 is 0 Å². The van der Waals surface area contributed by atoms with E-state index in [-0.39, 0.29) is 5.97 Å². The fourth-order valence-electron chi connectivity index (χ4n) is 1.36. The minimum atomic E-state index is -0.463. The van der Waals surface area contributed by atoms with Gasteiger partial charge in [0.05, 0.1) is 11.9 Å². The van der Waals surface area contributed by atoms with E-state index in [4.69, 9.17) is 4.74 Å². The topological polar surface area (TPSA) is 46.5 Å². The Bertz CT molecular complexity index is 390. The molecule has 0 amide bonds. The van der Waals surface area contributed by atoms with Crippen molar-refractivity contribution in [1.29, 1.82) is 0 Å². The molecule has 3 nitrogen and oxygen atoms in total. The van der Waals surface area contributed by atoms with Gasteiger partial charge in [-0.15, -0.1) is 11.8 Å². The van der Waals surface area contributed by atoms with Crippen molar-refractivity contribution in [3.05, 3.63) is 29.8 Å². The molecule has 100 valence electrons. The van der Waals surface area contributed by atoms with Crippen LogP contribution in [0.2, 0.25) is 0 Å². The van der Waals surface area contributed by atoms with Crippen LogP contribution in [-0.4, -0.2) is 22.4 Å². The van der Waals surface area contributed by atoms with Crippen LogP contribution in [0, 0.1) is 0 Å². The van der Waals surface area contributed by atoms with Gasteiger partial charge in [0.15, 0.2) is 0 Å². The molecule has 0 heterocycles. The normalized spacial score (nSPS) is 13.2. The number of aliphatic hydroxyl groups is 1. The Morgan fingerprint density at radius 2 is 1.89 bits per heavy atom. The molecule has 0 aliphatic carbocycles. The van der Waals surface area contributed by atoms with E-state index in [1.54, 1.807) is 6.92 Å². The van der Waals surface area contributed by atoms with E-state index in [0.29, 0.717) is 5.75 Å². The van der Waals surface area contributed by atoms with Crippen molar-refractivity contribution in [2.24, 2.45) is 0 Å². The highest BCUT2D eigenvalue weighted by atomic mass is 32.2. The van der Waals surface area contributed by atoms with Crippen LogP contribution in [0.5, 0.6) is 0 Å². The summed E-state index contributed by atoms with van der Waals surface area (Å²) in [5.74, 6) is 0.0813. The Kier molecular flexibility index (Phi) is 5.23. The highest BCUT2D eigenvalue weighted by Crippen LogP contribution is 2.21. The summed E-state index contributed by atoms with van der Waals surface area (Å²) in [5, 5.41) is 9.38. The number of hydrogen-bond acceptors (Lipinski definition) is 4. The number of carbonyl (C=O) groups is 1. The van der Waals surface area contributed by atoms with Gasteiger partial charge in [-0.25, -0.2) is 0 Å². The predicted molar refractivity (Wildman–Crippen MR) is 73.6 cm³/mol. The van der Waals surface area contributed by atoms with Crippen LogP contribution in [0.1, 0.15) is 39.4 Å². The second-order valence-corrected chi connectivity index (χ2v) is 6.17. The third-order valence-corrected chi connectivity index (χ3v) is 3.12. The first-order chi connectivity index (χ1) is 8.28. The van der Waals surface area contributed by atoms with Gasteiger partial charge in [-0.2, -0.15) is 0 Å². The van der Waals surface area contributed by atoms with Crippen LogP contribution >= 0.6 is 11.8 Å². The number of ether oxygens (including phenoxy) is 1. The van der Waals surface area contributed by atoms with Gasteiger partial charge < -0.3 is 9.84 Å². The second-order valence-electron chi connectivity index (χ2n) is 5.12. The van der Waals surface area contributed by atoms with E-state index < -0.39 is 11.7 Å². The molecule has 0 saturated carbocycles. The summed E-state index contributed by atoms with van der Waals surface area (Å²) in [6.07, 6.45) is -0.463. The number of thioether (sulfide) groups is 1. The van der Waals surface area contributed by atoms with Gasteiger partial charge in [-0.05, 0) is 45.4 Å². The molecule has 0 saturated heterocycles. The molecule has 0 unspecified atom stereocenters. The molecule has 0 aliphatic rings. The molecule has 0 radical (unpaired) electrons. The lowest BCUT2D eigenvalue weighted by molar-refractivity contribution is -0.151. The highest BCUT2D eigenvalue weighted by Gasteiger charge is 2.16. The van der Waals surface area contributed by atoms with Crippen molar-refractivity contribution in [3.63, 3.8) is 0 Å². The van der Waals surface area contributed by atoms with Crippen molar-refractivity contribution >= 4 is 17.7 Å². The van der Waals surface area contributed by atoms with Crippen molar-refractivity contribution in [2.75, 3.05) is 5.75 Å². The van der Waals surface area contributed by atoms with Gasteiger partial charge in [0, 0.05) is 4.90 Å². The maximum Gasteiger partial charge on any atom is 0.316 e. The molecular weight excluding hydrogens is 248 g/mol. The maximum atomic E-state index is 11.5. The predicted octanol–water partition coefficient (Wildman–Crippen LogP) is 3.17. The third kappa shape index (κ3) is 5.56. The quantitative estimate of drug-likeness (QED) is 0.673. The summed E-state index contributed by atoms with van der Waals surface area (Å²) >= 11 is 1.43. The zero-order chi connectivity index (χ0) is 13.8. The number of carbonyl (C=O) groups excluding carboxylic acids is 1. The van der Waals surface area contributed by atoms with Crippen molar-refractivity contribution in [1.82, 2.24) is 0 Å². The molecule has 1 N–H and O–H groups in total. The fraction of sp³-hybridized carbons (Fsp3) is 0.500. The van der Waals surface area contributed by atoms with Crippen LogP contribution in [0.4, 0.5) is 0 Å². The average Bonchev–Trinajstić information content (AvgIpc) is 2.24. The van der Waals surface area contributed by atoms with Crippen LogP contribution in [0.25, 0.3) is 0 Å². The van der Waals surface area contributed by atoms with Gasteiger partial charge in [0.2, 0.25) is 0 Å². The lowest BCUT2D eigenvalue weighted by Gasteiger charge is -2.19. The van der Waals surface area contributed by atoms with E-state index in [1.807, 2.05) is 45.0 Å². The molecule has 1 atom stereocenters. The largest absolute Gasteiger partial charge is 0.459 e. The first-order valence-corrected chi connectivity index (χ1v) is 6.89. The molecule has 1 aromatic carbocycles. The second kappa shape index (κ2) is 6.25. The first-order valence-electron chi connectivity index (χ1n) is 5.90. The minimum absolute atomic E-state index is 0.216. The molecule has 1 rings (SSSR count). The van der Waals surface area contributed by atoms with Gasteiger partial charge in [-0.3, -0.25) is 4.79 Å². The Morgan fingerprint density at radius 1 is 1.33 bits per heavy atom. The van der Waals surface area contributed by atoms with Gasteiger partial charge in [0.1, 0.15) is 5.60 Å². The van der Waals surface area contributed by atoms with Crippen molar-refractivity contribution in [3.8, 4) is 0 Å². The Morgan fingerprint density at radius 3 is 2.33 bits per heavy atom. The molecule has 4 heteroatoms. The van der Waals surface area contributed by atoms with Gasteiger partial charge in [0.25, 0.3) is 0 Å². The average molecular weight is 268 g/mol. The highest BCUT2D eigenvalue weighted by molar-refractivity contribution is 8.00. The zero-order valence-electron chi connectivity index (χ0n) is 11.3. The standard InChI is InChI=1S/C14H20O3S/c1-10(15)11-5-7-12(8-6-11)18-9-13(16)17-14(2,3)4/h5-8,10,15H,9H2,1-4H3/t10-/m0/s1. The molecule has 1 aromatic rings. The van der Waals surface area contributed by atoms with Gasteiger partial charge >= 0.3 is 5.97 Å². The first kappa shape index (κ1) is 15.1. The Balaban J connectivity index is 2.46. The molecule has 0 aromatic heterocycles. The molecule has 0 bridgehead atoms. The summed E-state index contributed by atoms with van der Waals surface area (Å²) in [4.78, 5) is 12.5. The lowest BCUT2D eigenvalue weighted by Crippen LogP contribution is -2.24. The van der Waals surface area contributed by atoms with Crippen molar-refractivity contribution in [2.45, 2.75) is 44.3 Å². The van der Waals surface area contributed by atoms with Crippen LogP contribution in [0.15, 0.2) is 29.2 Å². The van der Waals surface area contributed by atoms with E-state index in [1.165, 1.54) is 11.8 Å². The monoisotopic (exact) mass is 268 g/mol. The summed E-state index contributed by atoms with van der Waals surface area (Å²) in [5.41, 5.74) is 0.435. The smallest absolute Gasteiger partial charge is 0.316 e. The lowest BCUT2D eigenvalue weighted by atomic mass is 10.1. The summed E-state index contributed by atoms with van der Waals surface area (Å²) in [6.45, 7) is 7.29. The summed E-state index contributed by atoms with van der Waals surface area (Å²) < 4.78 is 5.22. The number of esters is 1. The number of rotatable bonds is 4. The molecule has 0 fully saturated rings. The third-order valence-electron chi connectivity index (χ3n) is 2.14. The van der Waals surface area contributed by atoms with Crippen molar-refractivity contribution < 1.29 is 14.6 Å². The van der Waals surface area contributed by atoms with E-state index in [9.17, 15) is 9.90 Å². The fourth-order valence-corrected chi connectivity index (χ4v) is 2.03. The zero-order valence-corrected chi connectivity index (χ0v) is 12.1. The molecule has 0 aliphatic heterocycles. The summed E-state index contributed by atoms with van der Waals surface area (Å²) in [7, 11) is 0. The van der Waals surface area contributed by atoms with E-state index in [0.717, 1.165) is 10.5 Å². The minimum Gasteiger partial charge on any atom is -0.459 e. The molecular formula is C14H20O3S. The van der Waals surface area contributed by atoms with E-state index >= 15 is 0 Å². The van der Waals surface area contributed by atoms with E-state index in [2.05, 4.69) is 0 Å². The van der Waals surface area contributed by atoms with Crippen LogP contribution in [0.3, 0.4) is 0 Å². The number of benzene rings is 1. The summed E-state index contributed by atoms with van der Waals surface area (Å²) in [6, 6.07) is 7.53. The SMILES string of the molecule is C[C@H](O)c1ccc(SCC(=O)OC(C)(C)C)cc1. The Hall–Kier alpha value is -1.00. The molecule has 18 heavy (non-hydrogen) atoms. The molecule has 0 spiro atoms. The van der Waals surface area contributed by atoms with Crippen LogP contribution in [-0.2, 0) is 9.53 Å². The number of hydrogen-bond donors (Lipinski definition) is 1. The Labute approximate surface area is 113 Å².